The summed E-state index contributed by atoms with van der Waals surface area (Å²) in [6.45, 7) is 5.26. The predicted molar refractivity (Wildman–Crippen MR) is 128 cm³/mol. The van der Waals surface area contributed by atoms with Crippen LogP contribution in [0.4, 0.5) is 5.69 Å². The van der Waals surface area contributed by atoms with Crippen LogP contribution in [-0.4, -0.2) is 31.7 Å². The van der Waals surface area contributed by atoms with Crippen LogP contribution in [0.15, 0.2) is 83.8 Å². The van der Waals surface area contributed by atoms with Crippen LogP contribution in [0.1, 0.15) is 30.6 Å². The Hall–Kier alpha value is -2.96. The summed E-state index contributed by atoms with van der Waals surface area (Å²) in [6.07, 6.45) is 1.04. The highest BCUT2D eigenvalue weighted by Crippen LogP contribution is 2.27. The molecule has 0 radical (unpaired) electrons. The Kier molecular flexibility index (Phi) is 6.44. The van der Waals surface area contributed by atoms with Crippen LogP contribution >= 0.6 is 0 Å². The number of amides is 1. The zero-order valence-electron chi connectivity index (χ0n) is 18.4. The van der Waals surface area contributed by atoms with Crippen molar-refractivity contribution < 1.29 is 13.2 Å². The van der Waals surface area contributed by atoms with E-state index in [0.29, 0.717) is 36.2 Å². The molecule has 0 spiro atoms. The molecule has 0 unspecified atom stereocenters. The first-order chi connectivity index (χ1) is 15.3. The van der Waals surface area contributed by atoms with E-state index in [2.05, 4.69) is 19.2 Å². The summed E-state index contributed by atoms with van der Waals surface area (Å²) >= 11 is 0. The van der Waals surface area contributed by atoms with Crippen LogP contribution in [-0.2, 0) is 10.0 Å². The SMILES string of the molecule is C[C@@H]1C[C@H](C)CN(S(=O)(=O)c2ccc(NC(=O)c3ccc(-c4ccccc4)cc3)cc2)C1. The molecule has 1 aliphatic rings. The number of nitrogens with zero attached hydrogens (tertiary/aromatic N) is 1. The van der Waals surface area contributed by atoms with Crippen LogP contribution in [0.25, 0.3) is 11.1 Å². The number of carbonyl (C=O) groups excluding carboxylic acids is 1. The number of anilines is 1. The molecule has 4 rings (SSSR count). The molecule has 0 aromatic heterocycles. The lowest BCUT2D eigenvalue weighted by molar-refractivity contribution is 0.102. The Morgan fingerprint density at radius 3 is 1.97 bits per heavy atom. The molecule has 1 fully saturated rings. The maximum absolute atomic E-state index is 13.0. The van der Waals surface area contributed by atoms with Crippen molar-refractivity contribution in [2.75, 3.05) is 18.4 Å². The van der Waals surface area contributed by atoms with Gasteiger partial charge in [-0.25, -0.2) is 8.42 Å². The molecule has 0 aliphatic carbocycles. The zero-order valence-corrected chi connectivity index (χ0v) is 19.2. The monoisotopic (exact) mass is 448 g/mol. The van der Waals surface area contributed by atoms with Gasteiger partial charge in [0.25, 0.3) is 5.91 Å². The Labute approximate surface area is 190 Å². The summed E-state index contributed by atoms with van der Waals surface area (Å²) in [5.74, 6) is 0.458. The Morgan fingerprint density at radius 2 is 1.38 bits per heavy atom. The van der Waals surface area contributed by atoms with Crippen molar-refractivity contribution >= 4 is 21.6 Å². The highest BCUT2D eigenvalue weighted by Gasteiger charge is 2.31. The predicted octanol–water partition coefficient (Wildman–Crippen LogP) is 5.27. The smallest absolute Gasteiger partial charge is 0.255 e. The minimum Gasteiger partial charge on any atom is -0.322 e. The fourth-order valence-electron chi connectivity index (χ4n) is 4.31. The molecule has 6 heteroatoms. The average Bonchev–Trinajstić information content (AvgIpc) is 2.79. The average molecular weight is 449 g/mol. The molecule has 1 aliphatic heterocycles. The second-order valence-corrected chi connectivity index (χ2v) is 10.6. The molecular weight excluding hydrogens is 420 g/mol. The quantitative estimate of drug-likeness (QED) is 0.578. The minimum atomic E-state index is -3.54. The first-order valence-corrected chi connectivity index (χ1v) is 12.3. The van der Waals surface area contributed by atoms with Crippen molar-refractivity contribution in [3.63, 3.8) is 0 Å². The van der Waals surface area contributed by atoms with Gasteiger partial charge in [-0.05, 0) is 65.8 Å². The van der Waals surface area contributed by atoms with E-state index in [-0.39, 0.29) is 10.8 Å². The molecule has 1 amide bonds. The van der Waals surface area contributed by atoms with Gasteiger partial charge in [0.15, 0.2) is 0 Å². The van der Waals surface area contributed by atoms with E-state index in [1.807, 2.05) is 42.5 Å². The number of carbonyl (C=O) groups is 1. The second-order valence-electron chi connectivity index (χ2n) is 8.69. The van der Waals surface area contributed by atoms with Gasteiger partial charge in [-0.15, -0.1) is 0 Å². The van der Waals surface area contributed by atoms with Crippen LogP contribution < -0.4 is 5.32 Å². The fraction of sp³-hybridized carbons (Fsp3) is 0.269. The van der Waals surface area contributed by atoms with Crippen molar-refractivity contribution in [3.8, 4) is 11.1 Å². The molecule has 166 valence electrons. The first kappa shape index (κ1) is 22.2. The van der Waals surface area contributed by atoms with Gasteiger partial charge >= 0.3 is 0 Å². The first-order valence-electron chi connectivity index (χ1n) is 10.9. The molecule has 1 heterocycles. The molecule has 1 N–H and O–H groups in total. The molecule has 1 saturated heterocycles. The normalized spacial score (nSPS) is 19.4. The van der Waals surface area contributed by atoms with E-state index in [9.17, 15) is 13.2 Å². The number of rotatable bonds is 5. The molecule has 2 atom stereocenters. The Bertz CT molecular complexity index is 1160. The van der Waals surface area contributed by atoms with Gasteiger partial charge in [0.05, 0.1) is 4.90 Å². The lowest BCUT2D eigenvalue weighted by atomic mass is 9.94. The Balaban J connectivity index is 1.44. The highest BCUT2D eigenvalue weighted by molar-refractivity contribution is 7.89. The van der Waals surface area contributed by atoms with E-state index in [1.165, 1.54) is 0 Å². The topological polar surface area (TPSA) is 66.5 Å². The molecular formula is C26H28N2O3S. The Morgan fingerprint density at radius 1 is 0.812 bits per heavy atom. The maximum Gasteiger partial charge on any atom is 0.255 e. The summed E-state index contributed by atoms with van der Waals surface area (Å²) in [6, 6.07) is 23.8. The summed E-state index contributed by atoms with van der Waals surface area (Å²) in [5, 5.41) is 2.84. The van der Waals surface area contributed by atoms with Crippen molar-refractivity contribution in [2.45, 2.75) is 25.2 Å². The van der Waals surface area contributed by atoms with Crippen LogP contribution in [0.2, 0.25) is 0 Å². The lowest BCUT2D eigenvalue weighted by Crippen LogP contribution is -2.42. The standard InChI is InChI=1S/C26H28N2O3S/c1-19-16-20(2)18-28(17-19)32(30,31)25-14-12-24(13-15-25)27-26(29)23-10-8-22(9-11-23)21-6-4-3-5-7-21/h3-15,19-20H,16-18H2,1-2H3,(H,27,29)/t19-,20+. The maximum atomic E-state index is 13.0. The molecule has 5 nitrogen and oxygen atoms in total. The van der Waals surface area contributed by atoms with E-state index < -0.39 is 10.0 Å². The number of benzene rings is 3. The van der Waals surface area contributed by atoms with E-state index in [4.69, 9.17) is 0 Å². The molecule has 3 aromatic carbocycles. The number of sulfonamides is 1. The summed E-state index contributed by atoms with van der Waals surface area (Å²) in [5.41, 5.74) is 3.23. The third-order valence-corrected chi connectivity index (χ3v) is 7.69. The molecule has 3 aromatic rings. The third-order valence-electron chi connectivity index (χ3n) is 5.84. The second kappa shape index (κ2) is 9.27. The van der Waals surface area contributed by atoms with Gasteiger partial charge in [0.2, 0.25) is 10.0 Å². The van der Waals surface area contributed by atoms with Crippen molar-refractivity contribution in [1.82, 2.24) is 4.31 Å². The lowest BCUT2D eigenvalue weighted by Gasteiger charge is -2.34. The van der Waals surface area contributed by atoms with Crippen molar-refractivity contribution in [3.05, 3.63) is 84.4 Å². The van der Waals surface area contributed by atoms with Crippen molar-refractivity contribution in [1.29, 1.82) is 0 Å². The molecule has 32 heavy (non-hydrogen) atoms. The fourth-order valence-corrected chi connectivity index (χ4v) is 5.99. The van der Waals surface area contributed by atoms with Crippen LogP contribution in [0.5, 0.6) is 0 Å². The zero-order chi connectivity index (χ0) is 22.7. The van der Waals surface area contributed by atoms with E-state index in [0.717, 1.165) is 17.5 Å². The van der Waals surface area contributed by atoms with Gasteiger partial charge in [0, 0.05) is 24.3 Å². The van der Waals surface area contributed by atoms with Gasteiger partial charge in [0.1, 0.15) is 0 Å². The van der Waals surface area contributed by atoms with E-state index in [1.54, 1.807) is 40.7 Å². The number of nitrogens with one attached hydrogen (secondary N) is 1. The van der Waals surface area contributed by atoms with E-state index >= 15 is 0 Å². The van der Waals surface area contributed by atoms with Gasteiger partial charge in [-0.1, -0.05) is 56.3 Å². The van der Waals surface area contributed by atoms with Crippen LogP contribution in [0, 0.1) is 11.8 Å². The number of piperidine rings is 1. The highest BCUT2D eigenvalue weighted by atomic mass is 32.2. The third kappa shape index (κ3) is 4.92. The van der Waals surface area contributed by atoms with Gasteiger partial charge < -0.3 is 5.32 Å². The largest absolute Gasteiger partial charge is 0.322 e. The summed E-state index contributed by atoms with van der Waals surface area (Å²) in [4.78, 5) is 12.9. The number of hydrogen-bond acceptors (Lipinski definition) is 3. The summed E-state index contributed by atoms with van der Waals surface area (Å²) < 4.78 is 27.6. The minimum absolute atomic E-state index is 0.237. The van der Waals surface area contributed by atoms with Gasteiger partial charge in [-0.2, -0.15) is 4.31 Å². The number of hydrogen-bond donors (Lipinski definition) is 1. The van der Waals surface area contributed by atoms with Crippen molar-refractivity contribution in [2.24, 2.45) is 11.8 Å². The molecule has 0 saturated carbocycles. The van der Waals surface area contributed by atoms with Gasteiger partial charge in [-0.3, -0.25) is 4.79 Å². The summed E-state index contributed by atoms with van der Waals surface area (Å²) in [7, 11) is -3.54. The van der Waals surface area contributed by atoms with Crippen LogP contribution in [0.3, 0.4) is 0 Å². The molecule has 0 bridgehead atoms.